The lowest BCUT2D eigenvalue weighted by Crippen LogP contribution is -2.24. The fraction of sp³-hybridized carbons (Fsp3) is 0.200. The minimum atomic E-state index is -2.47. The summed E-state index contributed by atoms with van der Waals surface area (Å²) in [6, 6.07) is 8.77. The number of para-hydroxylation sites is 1. The van der Waals surface area contributed by atoms with E-state index < -0.39 is 24.1 Å². The zero-order valence-electron chi connectivity index (χ0n) is 12.2. The van der Waals surface area contributed by atoms with E-state index in [4.69, 9.17) is 9.15 Å². The third kappa shape index (κ3) is 5.99. The maximum Gasteiger partial charge on any atom is 0.284 e. The van der Waals surface area contributed by atoms with Crippen LogP contribution in [0.25, 0.3) is 0 Å². The van der Waals surface area contributed by atoms with Gasteiger partial charge in [0.1, 0.15) is 11.5 Å². The van der Waals surface area contributed by atoms with Gasteiger partial charge in [-0.2, -0.15) is 13.9 Å². The number of ether oxygens (including phenoxy) is 1. The average molecular weight is 358 g/mol. The Bertz CT molecular complexity index is 707. The van der Waals surface area contributed by atoms with Gasteiger partial charge in [-0.05, 0) is 24.3 Å². The van der Waals surface area contributed by atoms with Gasteiger partial charge in [-0.15, -0.1) is 0 Å². The van der Waals surface area contributed by atoms with Crippen LogP contribution in [0.4, 0.5) is 13.2 Å². The van der Waals surface area contributed by atoms with E-state index in [0.29, 0.717) is 23.3 Å². The summed E-state index contributed by atoms with van der Waals surface area (Å²) in [7, 11) is 0. The van der Waals surface area contributed by atoms with Crippen LogP contribution in [0.3, 0.4) is 0 Å². The summed E-state index contributed by atoms with van der Waals surface area (Å²) in [4.78, 5) is 11.5. The van der Waals surface area contributed by atoms with Crippen LogP contribution in [0.5, 0.6) is 5.75 Å². The molecule has 24 heavy (non-hydrogen) atoms. The highest BCUT2D eigenvalue weighted by molar-refractivity contribution is 7.98. The monoisotopic (exact) mass is 358 g/mol. The molecule has 0 saturated heterocycles. The quantitative estimate of drug-likeness (QED) is 0.580. The van der Waals surface area contributed by atoms with E-state index in [2.05, 4.69) is 10.5 Å². The Hall–Kier alpha value is -2.42. The summed E-state index contributed by atoms with van der Waals surface area (Å²) in [6.07, 6.45) is 1.22. The van der Waals surface area contributed by atoms with E-state index in [9.17, 15) is 18.0 Å². The number of carbonyl (C=O) groups is 1. The molecule has 0 unspecified atom stereocenters. The third-order valence-electron chi connectivity index (χ3n) is 2.61. The van der Waals surface area contributed by atoms with Crippen LogP contribution >= 0.6 is 11.8 Å². The zero-order chi connectivity index (χ0) is 17.4. The smallest absolute Gasteiger partial charge is 0.284 e. The highest BCUT2D eigenvalue weighted by atomic mass is 32.2. The number of rotatable bonds is 8. The summed E-state index contributed by atoms with van der Waals surface area (Å²) in [5.74, 6) is -2.96. The van der Waals surface area contributed by atoms with Crippen molar-refractivity contribution in [2.24, 2.45) is 5.10 Å². The summed E-state index contributed by atoms with van der Waals surface area (Å²) < 4.78 is 47.6. The van der Waals surface area contributed by atoms with Crippen molar-refractivity contribution < 1.29 is 27.1 Å². The normalized spacial score (nSPS) is 11.2. The van der Waals surface area contributed by atoms with Gasteiger partial charge in [-0.3, -0.25) is 4.79 Å². The molecule has 1 aromatic carbocycles. The van der Waals surface area contributed by atoms with Crippen LogP contribution in [-0.2, 0) is 10.5 Å². The van der Waals surface area contributed by atoms with Gasteiger partial charge < -0.3 is 9.15 Å². The van der Waals surface area contributed by atoms with Crippen molar-refractivity contribution >= 4 is 23.9 Å². The molecule has 128 valence electrons. The first kappa shape index (κ1) is 17.9. The van der Waals surface area contributed by atoms with Gasteiger partial charge in [0.25, 0.3) is 11.7 Å². The number of benzene rings is 1. The molecule has 0 fully saturated rings. The van der Waals surface area contributed by atoms with E-state index in [1.54, 1.807) is 12.1 Å². The first-order valence-electron chi connectivity index (χ1n) is 6.72. The predicted molar refractivity (Wildman–Crippen MR) is 83.6 cm³/mol. The number of hydrogen-bond acceptors (Lipinski definition) is 5. The molecule has 0 aliphatic heterocycles. The number of hydrazone groups is 1. The number of halogens is 3. The molecule has 0 saturated carbocycles. The zero-order valence-corrected chi connectivity index (χ0v) is 13.1. The second-order valence-corrected chi connectivity index (χ2v) is 5.37. The molecule has 0 spiro atoms. The van der Waals surface area contributed by atoms with E-state index in [0.717, 1.165) is 0 Å². The van der Waals surface area contributed by atoms with Gasteiger partial charge >= 0.3 is 0 Å². The fourth-order valence-electron chi connectivity index (χ4n) is 1.59. The van der Waals surface area contributed by atoms with Crippen LogP contribution < -0.4 is 10.2 Å². The molecule has 2 rings (SSSR count). The largest absolute Gasteiger partial charge is 0.481 e. The molecule has 1 N–H and O–H groups in total. The lowest BCUT2D eigenvalue weighted by Gasteiger charge is -2.05. The second kappa shape index (κ2) is 9.02. The Morgan fingerprint density at radius 3 is 2.88 bits per heavy atom. The highest BCUT2D eigenvalue weighted by Crippen LogP contribution is 2.20. The van der Waals surface area contributed by atoms with Crippen LogP contribution in [0, 0.1) is 5.82 Å². The van der Waals surface area contributed by atoms with Crippen molar-refractivity contribution in [3.05, 3.63) is 53.7 Å². The van der Waals surface area contributed by atoms with Crippen molar-refractivity contribution in [3.63, 3.8) is 0 Å². The highest BCUT2D eigenvalue weighted by Gasteiger charge is 2.07. The molecular formula is C15H13F3N2O3S. The molecule has 0 bridgehead atoms. The van der Waals surface area contributed by atoms with Gasteiger partial charge in [0.2, 0.25) is 0 Å². The van der Waals surface area contributed by atoms with Crippen molar-refractivity contribution in [2.45, 2.75) is 11.5 Å². The van der Waals surface area contributed by atoms with Crippen molar-refractivity contribution in [1.82, 2.24) is 5.43 Å². The van der Waals surface area contributed by atoms with Crippen LogP contribution in [0.1, 0.15) is 11.5 Å². The lowest BCUT2D eigenvalue weighted by atomic mass is 10.3. The number of alkyl halides is 2. The van der Waals surface area contributed by atoms with E-state index in [1.165, 1.54) is 30.5 Å². The van der Waals surface area contributed by atoms with Gasteiger partial charge in [-0.1, -0.05) is 23.9 Å². The summed E-state index contributed by atoms with van der Waals surface area (Å²) in [5, 5.41) is 3.64. The number of furan rings is 1. The van der Waals surface area contributed by atoms with Crippen LogP contribution in [0.15, 0.2) is 45.9 Å². The first-order valence-corrected chi connectivity index (χ1v) is 7.77. The second-order valence-electron chi connectivity index (χ2n) is 4.39. The van der Waals surface area contributed by atoms with Crippen molar-refractivity contribution in [2.75, 3.05) is 6.61 Å². The summed E-state index contributed by atoms with van der Waals surface area (Å²) in [5.41, 5.74) is 2.18. The van der Waals surface area contributed by atoms with E-state index in [1.807, 2.05) is 0 Å². The molecule has 1 heterocycles. The topological polar surface area (TPSA) is 63.8 Å². The number of carbonyl (C=O) groups excluding carboxylic acids is 1. The number of nitrogens with zero attached hydrogens (tertiary/aromatic N) is 1. The van der Waals surface area contributed by atoms with Crippen LogP contribution in [-0.4, -0.2) is 24.5 Å². The number of hydrogen-bond donors (Lipinski definition) is 1. The Morgan fingerprint density at radius 1 is 1.33 bits per heavy atom. The number of amides is 1. The molecule has 1 amide bonds. The van der Waals surface area contributed by atoms with Crippen LogP contribution in [0.2, 0.25) is 0 Å². The van der Waals surface area contributed by atoms with Crippen molar-refractivity contribution in [1.29, 1.82) is 0 Å². The van der Waals surface area contributed by atoms with Gasteiger partial charge in [-0.25, -0.2) is 9.82 Å². The molecule has 0 radical (unpaired) electrons. The molecule has 0 aliphatic rings. The fourth-order valence-corrected chi connectivity index (χ4v) is 2.04. The van der Waals surface area contributed by atoms with Gasteiger partial charge in [0.15, 0.2) is 18.2 Å². The number of thioether (sulfide) groups is 1. The Balaban J connectivity index is 1.75. The average Bonchev–Trinajstić information content (AvgIpc) is 3.00. The molecule has 9 heteroatoms. The number of nitrogens with one attached hydrogen (secondary N) is 1. The SMILES string of the molecule is O=C(COc1ccccc1F)N/N=C\c1ccc(CSC(F)F)o1. The molecule has 5 nitrogen and oxygen atoms in total. The Kier molecular flexibility index (Phi) is 6.74. The maximum atomic E-state index is 13.3. The minimum absolute atomic E-state index is 0.0361. The van der Waals surface area contributed by atoms with E-state index >= 15 is 0 Å². The summed E-state index contributed by atoms with van der Waals surface area (Å²) >= 11 is 0.444. The van der Waals surface area contributed by atoms with Gasteiger partial charge in [0, 0.05) is 0 Å². The van der Waals surface area contributed by atoms with E-state index in [-0.39, 0.29) is 11.5 Å². The first-order chi connectivity index (χ1) is 11.5. The Morgan fingerprint density at radius 2 is 2.12 bits per heavy atom. The maximum absolute atomic E-state index is 13.3. The standard InChI is InChI=1S/C15H13F3N2O3S/c16-12-3-1-2-4-13(12)22-8-14(21)20-19-7-10-5-6-11(23-10)9-24-15(17)18/h1-7,15H,8-9H2,(H,20,21)/b19-7-. The third-order valence-corrected chi connectivity index (χ3v) is 3.31. The Labute approximate surface area is 139 Å². The summed E-state index contributed by atoms with van der Waals surface area (Å²) in [6.45, 7) is -0.410. The van der Waals surface area contributed by atoms with Crippen molar-refractivity contribution in [3.8, 4) is 5.75 Å². The molecule has 0 aliphatic carbocycles. The molecular weight excluding hydrogens is 345 g/mol. The molecule has 1 aromatic heterocycles. The molecule has 0 atom stereocenters. The lowest BCUT2D eigenvalue weighted by molar-refractivity contribution is -0.123. The van der Waals surface area contributed by atoms with Gasteiger partial charge in [0.05, 0.1) is 12.0 Å². The molecule has 2 aromatic rings. The minimum Gasteiger partial charge on any atom is -0.481 e. The predicted octanol–water partition coefficient (Wildman–Crippen LogP) is 3.40.